The van der Waals surface area contributed by atoms with Crippen molar-refractivity contribution in [2.24, 2.45) is 0 Å². The molecule has 0 spiro atoms. The molecule has 2 N–H and O–H groups in total. The van der Waals surface area contributed by atoms with Gasteiger partial charge in [-0.25, -0.2) is 4.79 Å². The zero-order chi connectivity index (χ0) is 13.2. The third kappa shape index (κ3) is 6.03. The highest BCUT2D eigenvalue weighted by Gasteiger charge is 1.94. The summed E-state index contributed by atoms with van der Waals surface area (Å²) in [5.74, 6) is -0.286. The summed E-state index contributed by atoms with van der Waals surface area (Å²) in [6, 6.07) is 7.05. The SMILES string of the molecule is O=C(O)/C=C/c1ccc(OCCOCCO)cc1. The first-order valence-corrected chi connectivity index (χ1v) is 5.55. The van der Waals surface area contributed by atoms with Crippen LogP contribution in [0.3, 0.4) is 0 Å². The van der Waals surface area contributed by atoms with Gasteiger partial charge in [-0.1, -0.05) is 12.1 Å². The largest absolute Gasteiger partial charge is 0.491 e. The molecule has 0 heterocycles. The molecular formula is C13H16O5. The number of carboxylic acids is 1. The fourth-order valence-corrected chi connectivity index (χ4v) is 1.23. The van der Waals surface area contributed by atoms with Crippen LogP contribution in [-0.2, 0) is 9.53 Å². The van der Waals surface area contributed by atoms with E-state index in [-0.39, 0.29) is 6.61 Å². The molecule has 1 aromatic carbocycles. The summed E-state index contributed by atoms with van der Waals surface area (Å²) < 4.78 is 10.4. The van der Waals surface area contributed by atoms with Gasteiger partial charge in [0.15, 0.2) is 0 Å². The number of rotatable bonds is 8. The maximum Gasteiger partial charge on any atom is 0.328 e. The van der Waals surface area contributed by atoms with Gasteiger partial charge in [-0.2, -0.15) is 0 Å². The van der Waals surface area contributed by atoms with Crippen molar-refractivity contribution in [2.45, 2.75) is 0 Å². The van der Waals surface area contributed by atoms with Gasteiger partial charge in [0.2, 0.25) is 0 Å². The van der Waals surface area contributed by atoms with E-state index in [2.05, 4.69) is 0 Å². The molecule has 5 nitrogen and oxygen atoms in total. The Morgan fingerprint density at radius 3 is 2.50 bits per heavy atom. The summed E-state index contributed by atoms with van der Waals surface area (Å²) in [6.07, 6.45) is 2.59. The van der Waals surface area contributed by atoms with Gasteiger partial charge in [0, 0.05) is 6.08 Å². The second-order valence-electron chi connectivity index (χ2n) is 3.43. The van der Waals surface area contributed by atoms with Crippen LogP contribution in [-0.4, -0.2) is 42.6 Å². The minimum atomic E-state index is -0.976. The molecule has 0 saturated carbocycles. The van der Waals surface area contributed by atoms with Crippen molar-refractivity contribution in [1.29, 1.82) is 0 Å². The summed E-state index contributed by atoms with van der Waals surface area (Å²) in [5.41, 5.74) is 0.793. The van der Waals surface area contributed by atoms with Crippen LogP contribution in [0, 0.1) is 0 Å². The molecule has 0 amide bonds. The Bertz CT molecular complexity index is 383. The number of carbonyl (C=O) groups is 1. The van der Waals surface area contributed by atoms with Crippen molar-refractivity contribution in [3.05, 3.63) is 35.9 Å². The molecule has 0 saturated heterocycles. The maximum absolute atomic E-state index is 10.3. The lowest BCUT2D eigenvalue weighted by Gasteiger charge is -2.06. The van der Waals surface area contributed by atoms with Crippen molar-refractivity contribution in [3.63, 3.8) is 0 Å². The monoisotopic (exact) mass is 252 g/mol. The van der Waals surface area contributed by atoms with Gasteiger partial charge in [0.05, 0.1) is 19.8 Å². The molecule has 0 radical (unpaired) electrons. The van der Waals surface area contributed by atoms with Crippen LogP contribution in [0.4, 0.5) is 0 Å². The Balaban J connectivity index is 2.34. The average Bonchev–Trinajstić information content (AvgIpc) is 2.37. The minimum absolute atomic E-state index is 0.00457. The molecule has 5 heteroatoms. The van der Waals surface area contributed by atoms with Crippen LogP contribution < -0.4 is 4.74 Å². The average molecular weight is 252 g/mol. The number of ether oxygens (including phenoxy) is 2. The smallest absolute Gasteiger partial charge is 0.328 e. The number of hydrogen-bond acceptors (Lipinski definition) is 4. The van der Waals surface area contributed by atoms with E-state index in [9.17, 15) is 4.79 Å². The molecule has 0 aliphatic carbocycles. The third-order valence-corrected chi connectivity index (χ3v) is 2.03. The Morgan fingerprint density at radius 2 is 1.89 bits per heavy atom. The van der Waals surface area contributed by atoms with Crippen molar-refractivity contribution in [3.8, 4) is 5.75 Å². The van der Waals surface area contributed by atoms with Crippen molar-refractivity contribution in [1.82, 2.24) is 0 Å². The summed E-state index contributed by atoms with van der Waals surface area (Å²) in [5, 5.41) is 17.0. The molecule has 98 valence electrons. The lowest BCUT2D eigenvalue weighted by molar-refractivity contribution is -0.131. The second kappa shape index (κ2) is 8.27. The predicted molar refractivity (Wildman–Crippen MR) is 66.5 cm³/mol. The number of benzene rings is 1. The Morgan fingerprint density at radius 1 is 1.17 bits per heavy atom. The predicted octanol–water partition coefficient (Wildman–Crippen LogP) is 1.17. The summed E-state index contributed by atoms with van der Waals surface area (Å²) in [7, 11) is 0. The van der Waals surface area contributed by atoms with Crippen molar-refractivity contribution < 1.29 is 24.5 Å². The van der Waals surface area contributed by atoms with E-state index in [0.717, 1.165) is 11.6 Å². The van der Waals surface area contributed by atoms with E-state index in [1.54, 1.807) is 24.3 Å². The zero-order valence-electron chi connectivity index (χ0n) is 9.91. The standard InChI is InChI=1S/C13H16O5/c14-7-8-17-9-10-18-12-4-1-11(2-5-12)3-6-13(15)16/h1-6,14H,7-10H2,(H,15,16)/b6-3+. The number of carboxylic acid groups (broad SMARTS) is 1. The van der Waals surface area contributed by atoms with Gasteiger partial charge in [-0.05, 0) is 23.8 Å². The molecule has 0 aliphatic rings. The summed E-state index contributed by atoms with van der Waals surface area (Å²) in [4.78, 5) is 10.3. The summed E-state index contributed by atoms with van der Waals surface area (Å²) >= 11 is 0. The van der Waals surface area contributed by atoms with Gasteiger partial charge in [0.1, 0.15) is 12.4 Å². The van der Waals surface area contributed by atoms with Gasteiger partial charge < -0.3 is 19.7 Å². The Kier molecular flexibility index (Phi) is 6.53. The summed E-state index contributed by atoms with van der Waals surface area (Å²) in [6.45, 7) is 1.14. The fraction of sp³-hybridized carbons (Fsp3) is 0.308. The first kappa shape index (κ1) is 14.2. The number of aliphatic hydroxyl groups excluding tert-OH is 1. The number of hydrogen-bond donors (Lipinski definition) is 2. The second-order valence-corrected chi connectivity index (χ2v) is 3.43. The molecular weight excluding hydrogens is 236 g/mol. The molecule has 1 rings (SSSR count). The maximum atomic E-state index is 10.3. The van der Waals surface area contributed by atoms with Crippen molar-refractivity contribution >= 4 is 12.0 Å². The minimum Gasteiger partial charge on any atom is -0.491 e. The topological polar surface area (TPSA) is 76.0 Å². The van der Waals surface area contributed by atoms with Crippen LogP contribution in [0.15, 0.2) is 30.3 Å². The molecule has 0 aromatic heterocycles. The molecule has 0 fully saturated rings. The highest BCUT2D eigenvalue weighted by Crippen LogP contribution is 2.13. The number of aliphatic carboxylic acids is 1. The van der Waals surface area contributed by atoms with Crippen LogP contribution >= 0.6 is 0 Å². The fourth-order valence-electron chi connectivity index (χ4n) is 1.23. The van der Waals surface area contributed by atoms with E-state index in [1.807, 2.05) is 0 Å². The first-order valence-electron chi connectivity index (χ1n) is 5.55. The first-order chi connectivity index (χ1) is 8.72. The lowest BCUT2D eigenvalue weighted by Crippen LogP contribution is -2.08. The van der Waals surface area contributed by atoms with Crippen LogP contribution in [0.5, 0.6) is 5.75 Å². The van der Waals surface area contributed by atoms with Gasteiger partial charge in [0.25, 0.3) is 0 Å². The van der Waals surface area contributed by atoms with E-state index < -0.39 is 5.97 Å². The van der Waals surface area contributed by atoms with E-state index in [1.165, 1.54) is 6.08 Å². The van der Waals surface area contributed by atoms with Gasteiger partial charge in [-0.3, -0.25) is 0 Å². The normalized spacial score (nSPS) is 10.7. The molecule has 0 unspecified atom stereocenters. The van der Waals surface area contributed by atoms with E-state index >= 15 is 0 Å². The third-order valence-electron chi connectivity index (χ3n) is 2.03. The quantitative estimate of drug-likeness (QED) is 0.536. The molecule has 0 atom stereocenters. The Labute approximate surface area is 105 Å². The van der Waals surface area contributed by atoms with Crippen LogP contribution in [0.25, 0.3) is 6.08 Å². The molecule has 1 aromatic rings. The van der Waals surface area contributed by atoms with E-state index in [4.69, 9.17) is 19.7 Å². The van der Waals surface area contributed by atoms with Crippen LogP contribution in [0.2, 0.25) is 0 Å². The van der Waals surface area contributed by atoms with Gasteiger partial charge in [-0.15, -0.1) is 0 Å². The molecule has 0 bridgehead atoms. The Hall–Kier alpha value is -1.85. The molecule has 18 heavy (non-hydrogen) atoms. The zero-order valence-corrected chi connectivity index (χ0v) is 9.91. The van der Waals surface area contributed by atoms with E-state index in [0.29, 0.717) is 25.6 Å². The molecule has 0 aliphatic heterocycles. The lowest BCUT2D eigenvalue weighted by atomic mass is 10.2. The number of aliphatic hydroxyl groups is 1. The van der Waals surface area contributed by atoms with Crippen LogP contribution in [0.1, 0.15) is 5.56 Å². The highest BCUT2D eigenvalue weighted by molar-refractivity contribution is 5.85. The highest BCUT2D eigenvalue weighted by atomic mass is 16.5. The van der Waals surface area contributed by atoms with Gasteiger partial charge >= 0.3 is 5.97 Å². The van der Waals surface area contributed by atoms with Crippen molar-refractivity contribution in [2.75, 3.05) is 26.4 Å².